The normalized spacial score (nSPS) is 11.5. The van der Waals surface area contributed by atoms with Crippen molar-refractivity contribution in [1.29, 1.82) is 0 Å². The summed E-state index contributed by atoms with van der Waals surface area (Å²) in [6.45, 7) is 0. The van der Waals surface area contributed by atoms with Crippen LogP contribution in [0.4, 0.5) is 17.1 Å². The third-order valence-corrected chi connectivity index (χ3v) is 11.2. The van der Waals surface area contributed by atoms with Crippen LogP contribution < -0.4 is 4.90 Å². The zero-order chi connectivity index (χ0) is 37.7. The molecule has 3 nitrogen and oxygen atoms in total. The van der Waals surface area contributed by atoms with Crippen LogP contribution in [0.5, 0.6) is 0 Å². The van der Waals surface area contributed by atoms with E-state index in [-0.39, 0.29) is 0 Å². The molecular formula is C54H36N2O. The van der Waals surface area contributed by atoms with Crippen LogP contribution in [-0.2, 0) is 0 Å². The van der Waals surface area contributed by atoms with Crippen molar-refractivity contribution in [2.75, 3.05) is 4.90 Å². The second-order valence-corrected chi connectivity index (χ2v) is 14.5. The molecule has 0 aliphatic heterocycles. The Morgan fingerprint density at radius 1 is 0.351 bits per heavy atom. The van der Waals surface area contributed by atoms with Gasteiger partial charge in [0.1, 0.15) is 11.1 Å². The molecule has 268 valence electrons. The summed E-state index contributed by atoms with van der Waals surface area (Å²) in [5.74, 6) is 0. The van der Waals surface area contributed by atoms with Crippen molar-refractivity contribution in [2.24, 2.45) is 0 Å². The van der Waals surface area contributed by atoms with E-state index in [0.717, 1.165) is 78.0 Å². The van der Waals surface area contributed by atoms with Gasteiger partial charge in [0.15, 0.2) is 5.58 Å². The summed E-state index contributed by atoms with van der Waals surface area (Å²) in [6, 6.07) is 77.9. The summed E-state index contributed by atoms with van der Waals surface area (Å²) in [5.41, 5.74) is 15.1. The van der Waals surface area contributed by atoms with Crippen LogP contribution >= 0.6 is 0 Å². The molecule has 0 spiro atoms. The molecule has 11 aromatic rings. The van der Waals surface area contributed by atoms with Crippen molar-refractivity contribution in [3.63, 3.8) is 0 Å². The minimum Gasteiger partial charge on any atom is -0.453 e. The van der Waals surface area contributed by atoms with Gasteiger partial charge in [-0.15, -0.1) is 0 Å². The van der Waals surface area contributed by atoms with Crippen molar-refractivity contribution in [1.82, 2.24) is 4.57 Å². The second-order valence-electron chi connectivity index (χ2n) is 14.5. The first-order valence-corrected chi connectivity index (χ1v) is 19.4. The SMILES string of the molecule is c1ccc(-c2ccccc2N(c2ccc(-c3cccc4ccccc34)cc2)c2ccccc2-c2cccc3c2oc2c4ccccc4n(-c4ccccc4)c32)cc1. The fourth-order valence-electron chi connectivity index (χ4n) is 8.65. The molecule has 0 atom stereocenters. The van der Waals surface area contributed by atoms with E-state index >= 15 is 0 Å². The maximum Gasteiger partial charge on any atom is 0.161 e. The minimum atomic E-state index is 0.869. The van der Waals surface area contributed by atoms with E-state index in [0.29, 0.717) is 0 Å². The second kappa shape index (κ2) is 13.6. The molecular weight excluding hydrogens is 693 g/mol. The summed E-state index contributed by atoms with van der Waals surface area (Å²) in [6.07, 6.45) is 0. The molecule has 57 heavy (non-hydrogen) atoms. The number of aromatic nitrogens is 1. The lowest BCUT2D eigenvalue weighted by Crippen LogP contribution is -2.12. The fraction of sp³-hybridized carbons (Fsp3) is 0. The smallest absolute Gasteiger partial charge is 0.161 e. The summed E-state index contributed by atoms with van der Waals surface area (Å²) < 4.78 is 9.39. The van der Waals surface area contributed by atoms with E-state index in [1.807, 2.05) is 0 Å². The van der Waals surface area contributed by atoms with Crippen molar-refractivity contribution in [3.8, 4) is 39.1 Å². The molecule has 0 unspecified atom stereocenters. The van der Waals surface area contributed by atoms with E-state index in [2.05, 4.69) is 228 Å². The van der Waals surface area contributed by atoms with E-state index < -0.39 is 0 Å². The Bertz CT molecular complexity index is 3220. The zero-order valence-corrected chi connectivity index (χ0v) is 31.1. The third kappa shape index (κ3) is 5.43. The van der Waals surface area contributed by atoms with Gasteiger partial charge in [0.05, 0.1) is 16.9 Å². The Morgan fingerprint density at radius 3 is 1.70 bits per heavy atom. The van der Waals surface area contributed by atoms with Crippen LogP contribution in [0.2, 0.25) is 0 Å². The van der Waals surface area contributed by atoms with Crippen LogP contribution in [0.1, 0.15) is 0 Å². The van der Waals surface area contributed by atoms with E-state index in [1.54, 1.807) is 0 Å². The van der Waals surface area contributed by atoms with Crippen LogP contribution in [-0.4, -0.2) is 4.57 Å². The summed E-state index contributed by atoms with van der Waals surface area (Å²) >= 11 is 0. The average molecular weight is 729 g/mol. The molecule has 0 saturated heterocycles. The number of hydrogen-bond donors (Lipinski definition) is 0. The Hall–Kier alpha value is -7.62. The number of anilines is 3. The molecule has 0 radical (unpaired) electrons. The molecule has 11 rings (SSSR count). The first-order chi connectivity index (χ1) is 28.3. The van der Waals surface area contributed by atoms with Gasteiger partial charge in [-0.3, -0.25) is 0 Å². The number of fused-ring (bicyclic) bond motifs is 6. The van der Waals surface area contributed by atoms with Crippen LogP contribution in [0, 0.1) is 0 Å². The number of hydrogen-bond acceptors (Lipinski definition) is 2. The highest BCUT2D eigenvalue weighted by Gasteiger charge is 2.25. The Balaban J connectivity index is 1.14. The largest absolute Gasteiger partial charge is 0.453 e. The predicted molar refractivity (Wildman–Crippen MR) is 239 cm³/mol. The molecule has 0 aliphatic rings. The fourth-order valence-corrected chi connectivity index (χ4v) is 8.65. The summed E-state index contributed by atoms with van der Waals surface area (Å²) in [4.78, 5) is 2.41. The molecule has 0 amide bonds. The first-order valence-electron chi connectivity index (χ1n) is 19.4. The molecule has 0 saturated carbocycles. The number of rotatable bonds is 7. The lowest BCUT2D eigenvalue weighted by atomic mass is 9.96. The van der Waals surface area contributed by atoms with E-state index in [4.69, 9.17) is 4.42 Å². The molecule has 0 fully saturated rings. The van der Waals surface area contributed by atoms with Crippen LogP contribution in [0.3, 0.4) is 0 Å². The van der Waals surface area contributed by atoms with Crippen LogP contribution in [0.25, 0.3) is 82.8 Å². The van der Waals surface area contributed by atoms with Gasteiger partial charge in [-0.25, -0.2) is 0 Å². The molecule has 0 aliphatic carbocycles. The number of benzene rings is 9. The van der Waals surface area contributed by atoms with Crippen molar-refractivity contribution >= 4 is 60.8 Å². The molecule has 2 aromatic heterocycles. The zero-order valence-electron chi connectivity index (χ0n) is 31.1. The molecule has 3 heteroatoms. The average Bonchev–Trinajstić information content (AvgIpc) is 3.83. The van der Waals surface area contributed by atoms with Gasteiger partial charge in [-0.2, -0.15) is 0 Å². The monoisotopic (exact) mass is 728 g/mol. The summed E-state index contributed by atoms with van der Waals surface area (Å²) in [7, 11) is 0. The Kier molecular flexibility index (Phi) is 7.82. The molecule has 9 aromatic carbocycles. The number of para-hydroxylation sites is 5. The maximum atomic E-state index is 7.05. The molecule has 2 heterocycles. The van der Waals surface area contributed by atoms with Crippen LogP contribution in [0.15, 0.2) is 223 Å². The van der Waals surface area contributed by atoms with E-state index in [1.165, 1.54) is 21.9 Å². The number of furan rings is 1. The topological polar surface area (TPSA) is 21.3 Å². The maximum absolute atomic E-state index is 7.05. The summed E-state index contributed by atoms with van der Waals surface area (Å²) in [5, 5.41) is 4.65. The Labute approximate surface area is 330 Å². The van der Waals surface area contributed by atoms with Gasteiger partial charge in [-0.1, -0.05) is 164 Å². The van der Waals surface area contributed by atoms with Gasteiger partial charge >= 0.3 is 0 Å². The standard InChI is InChI=1S/C54H36N2O/c1-3-17-38(18-4-1)44-24-9-12-30-49(44)55(41-35-33-39(34-36-41)43-27-15-20-37-19-7-8-23-42(37)43)50-31-13-10-25-45(50)46-28-16-29-48-52-54(57-53(46)48)47-26-11-14-32-51(47)56(52)40-21-5-2-6-22-40/h1-36H. The molecule has 0 N–H and O–H groups in total. The number of nitrogens with zero attached hydrogens (tertiary/aromatic N) is 2. The van der Waals surface area contributed by atoms with Crippen molar-refractivity contribution < 1.29 is 4.42 Å². The van der Waals surface area contributed by atoms with Gasteiger partial charge in [0.25, 0.3) is 0 Å². The van der Waals surface area contributed by atoms with E-state index in [9.17, 15) is 0 Å². The van der Waals surface area contributed by atoms with Crippen molar-refractivity contribution in [2.45, 2.75) is 0 Å². The quantitative estimate of drug-likeness (QED) is 0.163. The van der Waals surface area contributed by atoms with Gasteiger partial charge < -0.3 is 13.9 Å². The lowest BCUT2D eigenvalue weighted by molar-refractivity contribution is 0.674. The van der Waals surface area contributed by atoms with Crippen molar-refractivity contribution in [3.05, 3.63) is 218 Å². The highest BCUT2D eigenvalue weighted by atomic mass is 16.3. The molecule has 0 bridgehead atoms. The highest BCUT2D eigenvalue weighted by molar-refractivity contribution is 6.19. The minimum absolute atomic E-state index is 0.869. The Morgan fingerprint density at radius 2 is 0.895 bits per heavy atom. The van der Waals surface area contributed by atoms with Gasteiger partial charge in [-0.05, 0) is 82.1 Å². The highest BCUT2D eigenvalue weighted by Crippen LogP contribution is 2.48. The van der Waals surface area contributed by atoms with Gasteiger partial charge in [0.2, 0.25) is 0 Å². The first kappa shape index (κ1) is 32.8. The van der Waals surface area contributed by atoms with Gasteiger partial charge in [0, 0.05) is 38.8 Å². The predicted octanol–water partition coefficient (Wildman–Crippen LogP) is 15.2. The third-order valence-electron chi connectivity index (χ3n) is 11.2. The lowest BCUT2D eigenvalue weighted by Gasteiger charge is -2.30.